The zero-order valence-electron chi connectivity index (χ0n) is 66.3. The molecule has 2 aromatic carbocycles. The summed E-state index contributed by atoms with van der Waals surface area (Å²) in [7, 11) is 0. The molecule has 12 N–H and O–H groups in total. The van der Waals surface area contributed by atoms with E-state index in [4.69, 9.17) is 34.3 Å². The fourth-order valence-corrected chi connectivity index (χ4v) is 14.6. The number of piperazine rings is 4. The van der Waals surface area contributed by atoms with E-state index in [1.807, 2.05) is 71.3 Å². The number of halogens is 4. The summed E-state index contributed by atoms with van der Waals surface area (Å²) in [4.78, 5) is 94.7. The molecule has 0 saturated carbocycles. The summed E-state index contributed by atoms with van der Waals surface area (Å²) < 4.78 is 57.0. The Hall–Kier alpha value is -12.2. The van der Waals surface area contributed by atoms with Gasteiger partial charge in [-0.15, -0.1) is 6.42 Å². The second kappa shape index (κ2) is 38.8. The molecule has 0 radical (unpaired) electrons. The Morgan fingerprint density at radius 2 is 0.759 bits per heavy atom. The average molecular weight is 1600 g/mol. The van der Waals surface area contributed by atoms with E-state index in [0.29, 0.717) is 84.6 Å². The van der Waals surface area contributed by atoms with E-state index >= 15 is 0 Å². The number of ketones is 4. The lowest BCUT2D eigenvalue weighted by Gasteiger charge is -2.35. The van der Waals surface area contributed by atoms with Gasteiger partial charge in [0.05, 0.1) is 38.9 Å². The number of nitrogens with two attached hydrogens (primary N) is 4. The van der Waals surface area contributed by atoms with Crippen LogP contribution in [0.3, 0.4) is 0 Å². The molecular weight excluding hydrogens is 1480 g/mol. The third-order valence-corrected chi connectivity index (χ3v) is 20.4. The highest BCUT2D eigenvalue weighted by Gasteiger charge is 2.37. The van der Waals surface area contributed by atoms with Crippen molar-refractivity contribution in [3.63, 3.8) is 0 Å². The lowest BCUT2D eigenvalue weighted by molar-refractivity contribution is 0.0156. The number of aromatic nitrogens is 8. The van der Waals surface area contributed by atoms with Crippen molar-refractivity contribution < 1.29 is 55.3 Å². The number of nitrogens with one attached hydrogen (secondary N) is 4. The molecule has 4 aliphatic heterocycles. The molecule has 10 aromatic rings. The SMILES string of the molecule is C#Cc1ccc(N2CCN[C@@H](CC(C)C)C2)nc1C(=O)c1cccnc1N.CC(C)C[C@H]1CN(c2ccc(C(C)(F)F)c(C(=O)c3cccnc3N)n2)CCN1.CC(F)(F)c1ccc(N2CCNC(c3ccccc3)C2)nc1C(=O)c1cccnc1N.CCc1ccc(N2CCNC(c3ccccc3)C2)nc1C(=O)c1cccnc1N.[HH].[HH].[HH].[HH].[HH].[HH].[HH].[HH].[HH].[HH].[HH].[HH].[HH]. The average Bonchev–Trinajstić information content (AvgIpc) is 0.787. The summed E-state index contributed by atoms with van der Waals surface area (Å²) in [5.74, 6) is -1.58. The first-order valence-electron chi connectivity index (χ1n) is 39.0. The van der Waals surface area contributed by atoms with Crippen molar-refractivity contribution in [2.75, 3.05) is 121 Å². The second-order valence-corrected chi connectivity index (χ2v) is 29.9. The molecule has 4 atom stereocenters. The standard InChI is InChI=1S/C23H23F2N5O.C23H25N5O.C21H27F2N5O.C21H25N5O.13H2/c1-23(24,25)17-9-10-19(29-20(17)21(31)16-8-5-11-28-22(16)26)30-13-12-27-18(14-30)15-6-3-2-4-7-15;1-2-16-10-11-20(27-21(16)22(29)18-9-6-12-26-23(18)24)28-14-13-25-19(15-28)17-7-4-3-5-8-17;1-13(2)11-14-12-28(10-9-25-14)17-7-6-16(21(3,22)23)18(27-17)19(29)15-5-4-8-26-20(15)24;1-4-15-7-8-18(26-11-10-23-16(13-26)12-14(2)3)25-19(15)20(27)17-6-5-9-24-21(17)22;;;;;;;;;;;;;/h2-11,18,27H,12-14H2,1H3,(H2,26,28);3-12,19,25H,2,13-15H2,1H3,(H2,24,26);4-8,13-14,25H,9-12H2,1-3H3,(H2,24,26);1,5-9,14,16,23H,10-13H2,2-3H3,(H2,22,24);13*1H/t;;14-;16-;;;;;;;;;;;;;/m..00............./s1. The predicted octanol–water partition coefficient (Wildman–Crippen LogP) is 15.1. The number of pyridine rings is 8. The number of terminal acetylenes is 1. The zero-order valence-corrected chi connectivity index (χ0v) is 66.3. The van der Waals surface area contributed by atoms with Crippen LogP contribution in [0.4, 0.5) is 64.1 Å². The van der Waals surface area contributed by atoms with Gasteiger partial charge in [0.15, 0.2) is 0 Å². The first-order chi connectivity index (χ1) is 55.7. The lowest BCUT2D eigenvalue weighted by Crippen LogP contribution is -2.51. The Balaban J connectivity index is -0.00000159. The maximum Gasteiger partial charge on any atom is 0.272 e. The number of carbonyl (C=O) groups is 4. The predicted molar refractivity (Wildman–Crippen MR) is 475 cm³/mol. The Bertz CT molecular complexity index is 5160. The second-order valence-electron chi connectivity index (χ2n) is 29.9. The number of nitrogens with zero attached hydrogens (tertiary/aromatic N) is 12. The van der Waals surface area contributed by atoms with Gasteiger partial charge in [0.1, 0.15) is 69.3 Å². The van der Waals surface area contributed by atoms with Crippen molar-refractivity contribution in [1.29, 1.82) is 0 Å². The van der Waals surface area contributed by atoms with Crippen LogP contribution in [0.5, 0.6) is 0 Å². The third-order valence-electron chi connectivity index (χ3n) is 20.4. The van der Waals surface area contributed by atoms with Gasteiger partial charge >= 0.3 is 0 Å². The van der Waals surface area contributed by atoms with Crippen LogP contribution >= 0.6 is 0 Å². The molecule has 4 fully saturated rings. The number of hydrogen-bond donors (Lipinski definition) is 8. The van der Waals surface area contributed by atoms with E-state index in [2.05, 4.69) is 124 Å². The van der Waals surface area contributed by atoms with Gasteiger partial charge in [-0.25, -0.2) is 57.4 Å². The topological polar surface area (TPSA) is 337 Å². The minimum absolute atomic E-state index is 0. The molecule has 14 rings (SSSR count). The van der Waals surface area contributed by atoms with Crippen LogP contribution < -0.4 is 63.8 Å². The summed E-state index contributed by atoms with van der Waals surface area (Å²) in [5.41, 5.74) is 27.3. The fraction of sp³-hybridized carbons (Fsp3) is 0.341. The number of carbonyl (C=O) groups excluding carboxylic acids is 4. The van der Waals surface area contributed by atoms with E-state index in [-0.39, 0.29) is 99.7 Å². The normalized spacial score (nSPS) is 17.0. The van der Waals surface area contributed by atoms with Gasteiger partial charge in [-0.2, -0.15) is 0 Å². The molecule has 28 heteroatoms. The number of aryl methyl sites for hydroxylation is 1. The number of rotatable bonds is 21. The molecule has 630 valence electrons. The van der Waals surface area contributed by atoms with Crippen LogP contribution in [0.1, 0.15) is 190 Å². The van der Waals surface area contributed by atoms with E-state index in [1.165, 1.54) is 48.3 Å². The van der Waals surface area contributed by atoms with Gasteiger partial charge in [0, 0.05) is 160 Å². The molecule has 0 spiro atoms. The van der Waals surface area contributed by atoms with Crippen LogP contribution in [-0.4, -0.2) is 154 Å². The number of nitrogen functional groups attached to an aromatic ring is 4. The molecule has 24 nitrogen and oxygen atoms in total. The van der Waals surface area contributed by atoms with Gasteiger partial charge in [0.25, 0.3) is 11.8 Å². The smallest absolute Gasteiger partial charge is 0.272 e. The van der Waals surface area contributed by atoms with Gasteiger partial charge in [0.2, 0.25) is 23.1 Å². The van der Waals surface area contributed by atoms with Crippen LogP contribution in [0, 0.1) is 24.2 Å². The van der Waals surface area contributed by atoms with Crippen LogP contribution in [0.25, 0.3) is 0 Å². The highest BCUT2D eigenvalue weighted by molar-refractivity contribution is 6.14. The first kappa shape index (κ1) is 84.7. The first-order valence-corrected chi connectivity index (χ1v) is 39.0. The Morgan fingerprint density at radius 1 is 0.440 bits per heavy atom. The molecule has 0 aliphatic carbocycles. The number of anilines is 8. The fourth-order valence-electron chi connectivity index (χ4n) is 14.6. The molecule has 12 heterocycles. The van der Waals surface area contributed by atoms with Gasteiger partial charge < -0.3 is 63.8 Å². The highest BCUT2D eigenvalue weighted by Crippen LogP contribution is 2.36. The Labute approximate surface area is 693 Å². The largest absolute Gasteiger partial charge is 0.383 e. The van der Waals surface area contributed by atoms with Gasteiger partial charge in [-0.3, -0.25) is 19.2 Å². The van der Waals surface area contributed by atoms with E-state index in [1.54, 1.807) is 60.9 Å². The van der Waals surface area contributed by atoms with Crippen molar-refractivity contribution in [1.82, 2.24) is 61.1 Å². The summed E-state index contributed by atoms with van der Waals surface area (Å²) >= 11 is 0. The van der Waals surface area contributed by atoms with Crippen molar-refractivity contribution in [2.45, 2.75) is 104 Å². The molecule has 116 heavy (non-hydrogen) atoms. The maximum atomic E-state index is 14.3. The lowest BCUT2D eigenvalue weighted by atomic mass is 10.00. The Kier molecular flexibility index (Phi) is 28.3. The van der Waals surface area contributed by atoms with Gasteiger partial charge in [-0.05, 0) is 139 Å². The summed E-state index contributed by atoms with van der Waals surface area (Å²) in [6.45, 7) is 21.4. The van der Waals surface area contributed by atoms with Gasteiger partial charge in [-0.1, -0.05) is 107 Å². The summed E-state index contributed by atoms with van der Waals surface area (Å²) in [6, 6.07) is 47.5. The van der Waals surface area contributed by atoms with E-state index in [0.717, 1.165) is 102 Å². The monoisotopic (exact) mass is 1600 g/mol. The van der Waals surface area contributed by atoms with Crippen molar-refractivity contribution in [3.8, 4) is 12.3 Å². The molecule has 0 amide bonds. The molecule has 0 bridgehead atoms. The van der Waals surface area contributed by atoms with Crippen LogP contribution in [0.15, 0.2) is 183 Å². The number of benzene rings is 2. The van der Waals surface area contributed by atoms with Crippen molar-refractivity contribution in [2.24, 2.45) is 11.8 Å². The quantitative estimate of drug-likeness (QED) is 0.0188. The zero-order chi connectivity index (χ0) is 82.8. The van der Waals surface area contributed by atoms with E-state index in [9.17, 15) is 36.7 Å². The summed E-state index contributed by atoms with van der Waals surface area (Å²) in [6.07, 6.45) is 14.4. The number of hydrogen-bond acceptors (Lipinski definition) is 24. The minimum atomic E-state index is -3.23. The maximum absolute atomic E-state index is 14.3. The van der Waals surface area contributed by atoms with E-state index < -0.39 is 34.5 Å². The minimum Gasteiger partial charge on any atom is -0.383 e. The third kappa shape index (κ3) is 21.4. The Morgan fingerprint density at radius 3 is 1.10 bits per heavy atom. The molecule has 4 aliphatic rings. The van der Waals surface area contributed by atoms with Crippen LogP contribution in [0.2, 0.25) is 0 Å². The summed E-state index contributed by atoms with van der Waals surface area (Å²) in [5, 5.41) is 14.1. The molecule has 4 saturated heterocycles. The number of alkyl halides is 4. The van der Waals surface area contributed by atoms with Crippen molar-refractivity contribution >= 4 is 69.7 Å². The molecule has 8 aromatic heterocycles. The molecule has 2 unspecified atom stereocenters. The molecular formula is C88H126F4N20O4. The van der Waals surface area contributed by atoms with Crippen LogP contribution in [-0.2, 0) is 18.3 Å². The highest BCUT2D eigenvalue weighted by atomic mass is 19.3. The van der Waals surface area contributed by atoms with Crippen molar-refractivity contribution in [3.05, 3.63) is 261 Å².